The van der Waals surface area contributed by atoms with Crippen LogP contribution in [0.2, 0.25) is 0 Å². The minimum absolute atomic E-state index is 0.257. The number of ether oxygens (including phenoxy) is 3. The first-order valence-corrected chi connectivity index (χ1v) is 11.9. The van der Waals surface area contributed by atoms with Crippen LogP contribution in [0.15, 0.2) is 48.7 Å². The first-order valence-electron chi connectivity index (χ1n) is 11.9. The standard InChI is InChI=1S/C28H33N3O4/c1-19-6-9-25(34-18-23-17-24(33-5)10-13-29-23)26(30-19)22-8-7-20-11-14-31(15-12-21(20)16-22)27(32)35-28(2,3)4/h6-10,13,16-17H,11-12,14-15,18H2,1-5H3. The monoisotopic (exact) mass is 475 g/mol. The van der Waals surface area contributed by atoms with E-state index in [9.17, 15) is 4.79 Å². The highest BCUT2D eigenvalue weighted by molar-refractivity contribution is 5.69. The Bertz CT molecular complexity index is 1200. The first kappa shape index (κ1) is 24.5. The Morgan fingerprint density at radius 2 is 1.80 bits per heavy atom. The van der Waals surface area contributed by atoms with E-state index in [2.05, 4.69) is 23.2 Å². The summed E-state index contributed by atoms with van der Waals surface area (Å²) in [6.07, 6.45) is 3.01. The molecule has 0 unspecified atom stereocenters. The van der Waals surface area contributed by atoms with Crippen molar-refractivity contribution in [2.45, 2.75) is 52.7 Å². The van der Waals surface area contributed by atoms with Gasteiger partial charge in [0, 0.05) is 36.6 Å². The molecule has 0 saturated heterocycles. The van der Waals surface area contributed by atoms with E-state index in [0.717, 1.165) is 41.2 Å². The summed E-state index contributed by atoms with van der Waals surface area (Å²) in [5.41, 5.74) is 5.44. The van der Waals surface area contributed by atoms with Crippen LogP contribution in [0.4, 0.5) is 4.79 Å². The Kier molecular flexibility index (Phi) is 7.24. The van der Waals surface area contributed by atoms with Gasteiger partial charge >= 0.3 is 6.09 Å². The van der Waals surface area contributed by atoms with Gasteiger partial charge in [-0.25, -0.2) is 9.78 Å². The lowest BCUT2D eigenvalue weighted by Gasteiger charge is -2.26. The number of carbonyl (C=O) groups is 1. The first-order chi connectivity index (χ1) is 16.7. The number of nitrogens with zero attached hydrogens (tertiary/aromatic N) is 3. The molecule has 0 N–H and O–H groups in total. The van der Waals surface area contributed by atoms with Gasteiger partial charge < -0.3 is 19.1 Å². The Morgan fingerprint density at radius 3 is 2.54 bits per heavy atom. The number of benzene rings is 1. The number of pyridine rings is 2. The van der Waals surface area contributed by atoms with Crippen LogP contribution in [0.5, 0.6) is 11.5 Å². The van der Waals surface area contributed by atoms with Crippen molar-refractivity contribution in [1.29, 1.82) is 0 Å². The van der Waals surface area contributed by atoms with Gasteiger partial charge in [-0.2, -0.15) is 0 Å². The normalized spacial score (nSPS) is 13.6. The zero-order valence-corrected chi connectivity index (χ0v) is 21.1. The van der Waals surface area contributed by atoms with Crippen molar-refractivity contribution in [2.24, 2.45) is 0 Å². The minimum atomic E-state index is -0.503. The number of methoxy groups -OCH3 is 1. The highest BCUT2D eigenvalue weighted by Gasteiger charge is 2.24. The lowest BCUT2D eigenvalue weighted by molar-refractivity contribution is 0.0258. The van der Waals surface area contributed by atoms with Crippen molar-refractivity contribution in [3.8, 4) is 22.8 Å². The molecule has 1 amide bonds. The van der Waals surface area contributed by atoms with Gasteiger partial charge in [-0.15, -0.1) is 0 Å². The number of hydrogen-bond donors (Lipinski definition) is 0. The molecule has 0 fully saturated rings. The number of aryl methyl sites for hydroxylation is 1. The van der Waals surface area contributed by atoms with Crippen LogP contribution in [0.25, 0.3) is 11.3 Å². The van der Waals surface area contributed by atoms with E-state index in [1.165, 1.54) is 11.1 Å². The fraction of sp³-hybridized carbons (Fsp3) is 0.393. The maximum absolute atomic E-state index is 12.6. The Morgan fingerprint density at radius 1 is 1.03 bits per heavy atom. The third-order valence-corrected chi connectivity index (χ3v) is 5.83. The summed E-state index contributed by atoms with van der Waals surface area (Å²) in [5.74, 6) is 1.44. The van der Waals surface area contributed by atoms with Crippen molar-refractivity contribution in [3.63, 3.8) is 0 Å². The number of rotatable bonds is 5. The molecule has 0 radical (unpaired) electrons. The second kappa shape index (κ2) is 10.3. The van der Waals surface area contributed by atoms with E-state index < -0.39 is 5.60 Å². The molecule has 7 nitrogen and oxygen atoms in total. The number of carbonyl (C=O) groups excluding carboxylic acids is 1. The molecule has 1 aliphatic rings. The maximum Gasteiger partial charge on any atom is 0.410 e. The predicted molar refractivity (Wildman–Crippen MR) is 135 cm³/mol. The Hall–Kier alpha value is -3.61. The molecule has 0 atom stereocenters. The fourth-order valence-corrected chi connectivity index (χ4v) is 4.06. The zero-order valence-electron chi connectivity index (χ0n) is 21.1. The lowest BCUT2D eigenvalue weighted by Crippen LogP contribution is -2.38. The summed E-state index contributed by atoms with van der Waals surface area (Å²) in [6.45, 7) is 9.22. The van der Waals surface area contributed by atoms with Crippen molar-refractivity contribution in [2.75, 3.05) is 20.2 Å². The summed E-state index contributed by atoms with van der Waals surface area (Å²) in [5, 5.41) is 0. The summed E-state index contributed by atoms with van der Waals surface area (Å²) in [6, 6.07) is 14.0. The molecule has 0 aliphatic carbocycles. The van der Waals surface area contributed by atoms with Gasteiger partial charge in [0.1, 0.15) is 29.4 Å². The van der Waals surface area contributed by atoms with E-state index in [4.69, 9.17) is 19.2 Å². The molecule has 0 saturated carbocycles. The molecule has 184 valence electrons. The van der Waals surface area contributed by atoms with E-state index in [0.29, 0.717) is 25.4 Å². The quantitative estimate of drug-likeness (QED) is 0.494. The number of amides is 1. The summed E-state index contributed by atoms with van der Waals surface area (Å²) >= 11 is 0. The van der Waals surface area contributed by atoms with E-state index >= 15 is 0 Å². The minimum Gasteiger partial charge on any atom is -0.497 e. The van der Waals surface area contributed by atoms with Gasteiger partial charge in [-0.05, 0) is 75.9 Å². The third kappa shape index (κ3) is 6.29. The second-order valence-corrected chi connectivity index (χ2v) is 9.73. The van der Waals surface area contributed by atoms with Crippen LogP contribution in [-0.4, -0.2) is 46.8 Å². The van der Waals surface area contributed by atoms with Crippen LogP contribution in [0.3, 0.4) is 0 Å². The highest BCUT2D eigenvalue weighted by Crippen LogP contribution is 2.32. The van der Waals surface area contributed by atoms with Crippen LogP contribution >= 0.6 is 0 Å². The smallest absolute Gasteiger partial charge is 0.410 e. The molecule has 3 heterocycles. The van der Waals surface area contributed by atoms with Gasteiger partial charge in [0.05, 0.1) is 12.8 Å². The third-order valence-electron chi connectivity index (χ3n) is 5.83. The molecule has 4 rings (SSSR count). The van der Waals surface area contributed by atoms with Crippen molar-refractivity contribution in [1.82, 2.24) is 14.9 Å². The predicted octanol–water partition coefficient (Wildman–Crippen LogP) is 5.38. The highest BCUT2D eigenvalue weighted by atomic mass is 16.6. The average molecular weight is 476 g/mol. The average Bonchev–Trinajstić information content (AvgIpc) is 3.04. The molecule has 1 aliphatic heterocycles. The molecule has 7 heteroatoms. The van der Waals surface area contributed by atoms with Crippen LogP contribution in [0, 0.1) is 6.92 Å². The zero-order chi connectivity index (χ0) is 25.0. The number of hydrogen-bond acceptors (Lipinski definition) is 6. The van der Waals surface area contributed by atoms with Gasteiger partial charge in [0.25, 0.3) is 0 Å². The van der Waals surface area contributed by atoms with E-state index in [-0.39, 0.29) is 6.09 Å². The van der Waals surface area contributed by atoms with Gasteiger partial charge in [0.2, 0.25) is 0 Å². The van der Waals surface area contributed by atoms with Crippen LogP contribution in [-0.2, 0) is 24.2 Å². The molecular weight excluding hydrogens is 442 g/mol. The SMILES string of the molecule is COc1ccnc(COc2ccc(C)nc2-c2ccc3c(c2)CCN(C(=O)OC(C)(C)C)CC3)c1. The van der Waals surface area contributed by atoms with E-state index in [1.54, 1.807) is 18.2 Å². The van der Waals surface area contributed by atoms with Crippen molar-refractivity contribution in [3.05, 3.63) is 71.2 Å². The number of aromatic nitrogens is 2. The van der Waals surface area contributed by atoms with Gasteiger partial charge in [0.15, 0.2) is 0 Å². The topological polar surface area (TPSA) is 73.8 Å². The summed E-state index contributed by atoms with van der Waals surface area (Å²) in [4.78, 5) is 23.5. The van der Waals surface area contributed by atoms with Gasteiger partial charge in [-0.3, -0.25) is 4.98 Å². The van der Waals surface area contributed by atoms with E-state index in [1.807, 2.05) is 52.0 Å². The second-order valence-electron chi connectivity index (χ2n) is 9.73. The summed E-state index contributed by atoms with van der Waals surface area (Å²) in [7, 11) is 1.63. The molecule has 2 aromatic heterocycles. The summed E-state index contributed by atoms with van der Waals surface area (Å²) < 4.78 is 17.0. The molecule has 35 heavy (non-hydrogen) atoms. The molecule has 1 aromatic carbocycles. The van der Waals surface area contributed by atoms with Gasteiger partial charge in [-0.1, -0.05) is 12.1 Å². The van der Waals surface area contributed by atoms with Crippen LogP contribution < -0.4 is 9.47 Å². The molecule has 0 bridgehead atoms. The fourth-order valence-electron chi connectivity index (χ4n) is 4.06. The molecular formula is C28H33N3O4. The Labute approximate surface area is 207 Å². The van der Waals surface area contributed by atoms with Crippen molar-refractivity contribution >= 4 is 6.09 Å². The van der Waals surface area contributed by atoms with Crippen molar-refractivity contribution < 1.29 is 19.0 Å². The molecule has 3 aromatic rings. The van der Waals surface area contributed by atoms with Crippen LogP contribution in [0.1, 0.15) is 43.3 Å². The largest absolute Gasteiger partial charge is 0.497 e. The Balaban J connectivity index is 1.54. The maximum atomic E-state index is 12.6. The lowest BCUT2D eigenvalue weighted by atomic mass is 9.98. The molecule has 0 spiro atoms. The number of fused-ring (bicyclic) bond motifs is 1.